The van der Waals surface area contributed by atoms with Gasteiger partial charge in [-0.25, -0.2) is 4.98 Å². The molecule has 184 valence electrons. The van der Waals surface area contributed by atoms with Crippen LogP contribution in [0.15, 0.2) is 42.6 Å². The molecule has 6 rings (SSSR count). The van der Waals surface area contributed by atoms with E-state index in [9.17, 15) is 4.79 Å². The van der Waals surface area contributed by atoms with Crippen LogP contribution in [0.4, 0.5) is 11.4 Å². The number of amides is 1. The van der Waals surface area contributed by atoms with E-state index in [1.54, 1.807) is 26.5 Å². The second-order valence-corrected chi connectivity index (χ2v) is 9.78. The predicted molar refractivity (Wildman–Crippen MR) is 139 cm³/mol. The Balaban J connectivity index is 1.61. The Kier molecular flexibility index (Phi) is 5.39. The summed E-state index contributed by atoms with van der Waals surface area (Å²) in [5.74, 6) is 0.389. The monoisotopic (exact) mass is 503 g/mol. The van der Waals surface area contributed by atoms with Gasteiger partial charge in [-0.05, 0) is 50.1 Å². The average molecular weight is 504 g/mol. The van der Waals surface area contributed by atoms with Crippen molar-refractivity contribution >= 4 is 39.9 Å². The van der Waals surface area contributed by atoms with Crippen LogP contribution in [0.25, 0.3) is 22.3 Å². The summed E-state index contributed by atoms with van der Waals surface area (Å²) >= 11 is 6.41. The van der Waals surface area contributed by atoms with Gasteiger partial charge in [0, 0.05) is 36.5 Å². The minimum Gasteiger partial charge on any atom is -0.493 e. The number of aromatic nitrogens is 3. The van der Waals surface area contributed by atoms with Gasteiger partial charge in [0.25, 0.3) is 5.91 Å². The zero-order chi connectivity index (χ0) is 25.0. The number of anilines is 2. The van der Waals surface area contributed by atoms with Crippen molar-refractivity contribution in [3.8, 4) is 17.0 Å². The van der Waals surface area contributed by atoms with Crippen molar-refractivity contribution in [2.75, 3.05) is 26.1 Å². The lowest BCUT2D eigenvalue weighted by Crippen LogP contribution is -2.39. The first-order valence-electron chi connectivity index (χ1n) is 11.9. The number of halogens is 1. The largest absolute Gasteiger partial charge is 0.493 e. The van der Waals surface area contributed by atoms with Gasteiger partial charge in [0.1, 0.15) is 0 Å². The third-order valence-electron chi connectivity index (χ3n) is 7.27. The molecule has 3 aromatic heterocycles. The summed E-state index contributed by atoms with van der Waals surface area (Å²) in [7, 11) is 3.23. The first kappa shape index (κ1) is 22.8. The van der Waals surface area contributed by atoms with Gasteiger partial charge in [-0.3, -0.25) is 9.78 Å². The molecule has 1 atom stereocenters. The van der Waals surface area contributed by atoms with Crippen LogP contribution in [0, 0.1) is 0 Å². The number of pyridine rings is 2. The Morgan fingerprint density at radius 1 is 1.17 bits per heavy atom. The Hall–Kier alpha value is -3.62. The smallest absolute Gasteiger partial charge is 0.255 e. The van der Waals surface area contributed by atoms with Crippen LogP contribution >= 0.6 is 11.6 Å². The van der Waals surface area contributed by atoms with E-state index in [0.717, 1.165) is 46.5 Å². The molecule has 1 fully saturated rings. The van der Waals surface area contributed by atoms with Crippen molar-refractivity contribution in [2.45, 2.75) is 31.3 Å². The molecule has 0 bridgehead atoms. The lowest BCUT2D eigenvalue weighted by Gasteiger charge is -2.23. The molecule has 2 aliphatic rings. The molecule has 9 heteroatoms. The third-order valence-corrected chi connectivity index (χ3v) is 7.57. The highest BCUT2D eigenvalue weighted by Crippen LogP contribution is 2.54. The van der Waals surface area contributed by atoms with E-state index in [4.69, 9.17) is 26.1 Å². The molecule has 4 heterocycles. The first-order chi connectivity index (χ1) is 17.5. The quantitative estimate of drug-likeness (QED) is 0.320. The number of ether oxygens (including phenoxy) is 2. The fourth-order valence-corrected chi connectivity index (χ4v) is 5.25. The summed E-state index contributed by atoms with van der Waals surface area (Å²) in [5, 5.41) is 7.04. The van der Waals surface area contributed by atoms with Crippen LogP contribution < -0.4 is 15.4 Å². The Labute approximate surface area is 213 Å². The standard InChI is InChI=1S/C27H26ClN5O3/c1-14(35-2)17-7-8-18-21(31-17)15(9-12-29-18)22-23(32-19-6-4-5-16(28)24(19)36-3)20-25(33-22)27(10-11-27)13-30-26(20)34/h4-9,12,14,32-33H,10-11,13H2,1-3H3,(H,30,34). The second-order valence-electron chi connectivity index (χ2n) is 9.37. The number of para-hydroxylation sites is 1. The van der Waals surface area contributed by atoms with Gasteiger partial charge >= 0.3 is 0 Å². The molecule has 1 amide bonds. The number of carbonyl (C=O) groups is 1. The molecule has 0 saturated heterocycles. The molecule has 1 unspecified atom stereocenters. The summed E-state index contributed by atoms with van der Waals surface area (Å²) < 4.78 is 11.1. The molecule has 36 heavy (non-hydrogen) atoms. The number of benzene rings is 1. The highest BCUT2D eigenvalue weighted by Gasteiger charge is 2.51. The fraction of sp³-hybridized carbons (Fsp3) is 0.296. The maximum atomic E-state index is 13.3. The molecule has 0 radical (unpaired) electrons. The van der Waals surface area contributed by atoms with E-state index >= 15 is 0 Å². The predicted octanol–water partition coefficient (Wildman–Crippen LogP) is 5.51. The van der Waals surface area contributed by atoms with E-state index < -0.39 is 0 Å². The summed E-state index contributed by atoms with van der Waals surface area (Å²) in [6.45, 7) is 2.58. The van der Waals surface area contributed by atoms with Crippen molar-refractivity contribution < 1.29 is 14.3 Å². The van der Waals surface area contributed by atoms with Crippen molar-refractivity contribution in [3.63, 3.8) is 0 Å². The number of hydrogen-bond donors (Lipinski definition) is 3. The Morgan fingerprint density at radius 2 is 2.00 bits per heavy atom. The number of aromatic amines is 1. The first-order valence-corrected chi connectivity index (χ1v) is 12.3. The van der Waals surface area contributed by atoms with E-state index in [2.05, 4.69) is 20.6 Å². The molecule has 1 aliphatic heterocycles. The van der Waals surface area contributed by atoms with Gasteiger partial charge in [-0.1, -0.05) is 17.7 Å². The minimum atomic E-state index is -0.173. The number of methoxy groups -OCH3 is 2. The van der Waals surface area contributed by atoms with Gasteiger partial charge in [-0.2, -0.15) is 0 Å². The molecule has 1 saturated carbocycles. The molecule has 1 aromatic carbocycles. The number of H-pyrrole nitrogens is 1. The number of nitrogens with zero attached hydrogens (tertiary/aromatic N) is 2. The van der Waals surface area contributed by atoms with E-state index in [-0.39, 0.29) is 17.4 Å². The van der Waals surface area contributed by atoms with Crippen molar-refractivity contribution in [1.82, 2.24) is 20.3 Å². The van der Waals surface area contributed by atoms with Gasteiger partial charge in [-0.15, -0.1) is 0 Å². The average Bonchev–Trinajstić information content (AvgIpc) is 3.58. The molecular formula is C27H26ClN5O3. The molecular weight excluding hydrogens is 478 g/mol. The van der Waals surface area contributed by atoms with Gasteiger partial charge in [0.2, 0.25) is 0 Å². The summed E-state index contributed by atoms with van der Waals surface area (Å²) in [5.41, 5.74) is 6.72. The normalized spacial score (nSPS) is 16.5. The van der Waals surface area contributed by atoms with Crippen LogP contribution in [0.5, 0.6) is 5.75 Å². The third kappa shape index (κ3) is 3.51. The van der Waals surface area contributed by atoms with E-state index in [1.165, 1.54) is 0 Å². The van der Waals surface area contributed by atoms with E-state index in [1.807, 2.05) is 37.3 Å². The lowest BCUT2D eigenvalue weighted by molar-refractivity contribution is 0.0938. The number of nitrogens with one attached hydrogen (secondary N) is 3. The number of fused-ring (bicyclic) bond motifs is 3. The van der Waals surface area contributed by atoms with Crippen molar-refractivity contribution in [2.24, 2.45) is 0 Å². The molecule has 3 N–H and O–H groups in total. The van der Waals surface area contributed by atoms with Crippen LogP contribution in [0.1, 0.15) is 47.6 Å². The van der Waals surface area contributed by atoms with Crippen molar-refractivity contribution in [1.29, 1.82) is 0 Å². The Bertz CT molecular complexity index is 1510. The van der Waals surface area contributed by atoms with Crippen LogP contribution in [0.2, 0.25) is 5.02 Å². The van der Waals surface area contributed by atoms with Crippen molar-refractivity contribution in [3.05, 3.63) is 64.6 Å². The topological polar surface area (TPSA) is 101 Å². The molecule has 4 aromatic rings. The summed E-state index contributed by atoms with van der Waals surface area (Å²) in [6, 6.07) is 11.3. The van der Waals surface area contributed by atoms with Gasteiger partial charge < -0.3 is 25.1 Å². The number of carbonyl (C=O) groups excluding carboxylic acids is 1. The highest BCUT2D eigenvalue weighted by atomic mass is 35.5. The highest BCUT2D eigenvalue weighted by molar-refractivity contribution is 6.32. The SMILES string of the molecule is COc1c(Cl)cccc1Nc1c(-c2ccnc3ccc(C(C)OC)nc23)[nH]c2c1C(=O)NCC21CC1. The number of rotatable bonds is 6. The summed E-state index contributed by atoms with van der Waals surface area (Å²) in [4.78, 5) is 26.3. The fourth-order valence-electron chi connectivity index (χ4n) is 4.99. The number of hydrogen-bond acceptors (Lipinski definition) is 6. The van der Waals surface area contributed by atoms with Crippen LogP contribution in [-0.4, -0.2) is 41.6 Å². The van der Waals surface area contributed by atoms with Gasteiger partial charge in [0.15, 0.2) is 5.75 Å². The lowest BCUT2D eigenvalue weighted by atomic mass is 9.93. The second kappa shape index (κ2) is 8.50. The zero-order valence-corrected chi connectivity index (χ0v) is 21.0. The van der Waals surface area contributed by atoms with E-state index in [0.29, 0.717) is 34.3 Å². The summed E-state index contributed by atoms with van der Waals surface area (Å²) in [6.07, 6.45) is 3.62. The molecule has 1 spiro atoms. The maximum absolute atomic E-state index is 13.3. The molecule has 1 aliphatic carbocycles. The minimum absolute atomic E-state index is 0.0671. The van der Waals surface area contributed by atoms with Gasteiger partial charge in [0.05, 0.1) is 57.6 Å². The van der Waals surface area contributed by atoms with Crippen LogP contribution in [-0.2, 0) is 10.2 Å². The maximum Gasteiger partial charge on any atom is 0.255 e. The zero-order valence-electron chi connectivity index (χ0n) is 20.2. The molecule has 8 nitrogen and oxygen atoms in total. The Morgan fingerprint density at radius 3 is 2.75 bits per heavy atom. The van der Waals surface area contributed by atoms with Crippen LogP contribution in [0.3, 0.4) is 0 Å².